The van der Waals surface area contributed by atoms with Gasteiger partial charge in [-0.2, -0.15) is 0 Å². The van der Waals surface area contributed by atoms with E-state index >= 15 is 0 Å². The average Bonchev–Trinajstić information content (AvgIpc) is 2.36. The third-order valence-corrected chi connectivity index (χ3v) is 3.96. The van der Waals surface area contributed by atoms with Crippen LogP contribution in [-0.4, -0.2) is 11.4 Å². The van der Waals surface area contributed by atoms with E-state index in [1.54, 1.807) is 18.2 Å². The van der Waals surface area contributed by atoms with Crippen molar-refractivity contribution in [3.8, 4) is 0 Å². The zero-order chi connectivity index (χ0) is 13.8. The maximum Gasteiger partial charge on any atom is 0.253 e. The Bertz CT molecular complexity index is 420. The first-order valence-electron chi connectivity index (χ1n) is 6.35. The lowest BCUT2D eigenvalue weighted by atomic mass is 9.89. The molecule has 100 valence electrons. The van der Waals surface area contributed by atoms with Crippen LogP contribution in [0.25, 0.3) is 0 Å². The predicted molar refractivity (Wildman–Crippen MR) is 76.9 cm³/mol. The van der Waals surface area contributed by atoms with Crippen molar-refractivity contribution in [3.63, 3.8) is 0 Å². The summed E-state index contributed by atoms with van der Waals surface area (Å²) in [6, 6.07) is 4.95. The molecule has 0 atom stereocenters. The molecule has 3 nitrogen and oxygen atoms in total. The van der Waals surface area contributed by atoms with Crippen molar-refractivity contribution in [1.29, 1.82) is 0 Å². The first-order chi connectivity index (χ1) is 8.48. The summed E-state index contributed by atoms with van der Waals surface area (Å²) >= 11 is 6.04. The van der Waals surface area contributed by atoms with Gasteiger partial charge in [0, 0.05) is 11.2 Å². The maximum absolute atomic E-state index is 12.2. The summed E-state index contributed by atoms with van der Waals surface area (Å²) in [6.45, 7) is 6.24. The van der Waals surface area contributed by atoms with E-state index < -0.39 is 0 Å². The molecule has 4 heteroatoms. The fourth-order valence-corrected chi connectivity index (χ4v) is 2.31. The molecule has 0 unspecified atom stereocenters. The van der Waals surface area contributed by atoms with Gasteiger partial charge in [0.25, 0.3) is 5.91 Å². The lowest BCUT2D eigenvalue weighted by Gasteiger charge is -2.32. The van der Waals surface area contributed by atoms with Crippen molar-refractivity contribution in [2.24, 2.45) is 0 Å². The normalized spacial score (nSPS) is 11.3. The fourth-order valence-electron chi connectivity index (χ4n) is 2.04. The molecule has 0 spiro atoms. The molecule has 0 heterocycles. The van der Waals surface area contributed by atoms with Gasteiger partial charge in [0.1, 0.15) is 0 Å². The highest BCUT2D eigenvalue weighted by molar-refractivity contribution is 6.34. The van der Waals surface area contributed by atoms with Gasteiger partial charge in [-0.3, -0.25) is 4.79 Å². The summed E-state index contributed by atoms with van der Waals surface area (Å²) in [4.78, 5) is 12.2. The number of halogens is 1. The fraction of sp³-hybridized carbons (Fsp3) is 0.500. The van der Waals surface area contributed by atoms with Gasteiger partial charge in [-0.25, -0.2) is 0 Å². The van der Waals surface area contributed by atoms with Gasteiger partial charge in [-0.15, -0.1) is 0 Å². The molecule has 1 aromatic carbocycles. The molecule has 0 saturated heterocycles. The van der Waals surface area contributed by atoms with Gasteiger partial charge in [0.2, 0.25) is 0 Å². The van der Waals surface area contributed by atoms with Crippen LogP contribution in [0.2, 0.25) is 5.02 Å². The lowest BCUT2D eigenvalue weighted by Crippen LogP contribution is -2.47. The minimum Gasteiger partial charge on any atom is -0.399 e. The Kier molecular flexibility index (Phi) is 5.03. The third-order valence-electron chi connectivity index (χ3n) is 3.65. The second-order valence-corrected chi connectivity index (χ2v) is 4.94. The second kappa shape index (κ2) is 6.10. The monoisotopic (exact) mass is 268 g/mol. The number of nitrogens with one attached hydrogen (secondary N) is 1. The molecule has 1 aromatic rings. The molecule has 0 saturated carbocycles. The summed E-state index contributed by atoms with van der Waals surface area (Å²) in [5, 5.41) is 3.49. The molecule has 18 heavy (non-hydrogen) atoms. The largest absolute Gasteiger partial charge is 0.399 e. The zero-order valence-corrected chi connectivity index (χ0v) is 12.0. The van der Waals surface area contributed by atoms with E-state index in [4.69, 9.17) is 17.3 Å². The van der Waals surface area contributed by atoms with E-state index in [9.17, 15) is 4.79 Å². The van der Waals surface area contributed by atoms with Crippen LogP contribution in [0, 0.1) is 0 Å². The van der Waals surface area contributed by atoms with E-state index in [1.807, 2.05) is 0 Å². The Morgan fingerprint density at radius 3 is 2.28 bits per heavy atom. The van der Waals surface area contributed by atoms with Crippen LogP contribution in [0.1, 0.15) is 50.4 Å². The van der Waals surface area contributed by atoms with Crippen molar-refractivity contribution < 1.29 is 4.79 Å². The van der Waals surface area contributed by atoms with Crippen LogP contribution in [0.3, 0.4) is 0 Å². The molecule has 0 aliphatic carbocycles. The van der Waals surface area contributed by atoms with Crippen molar-refractivity contribution in [2.45, 2.75) is 45.6 Å². The summed E-state index contributed by atoms with van der Waals surface area (Å²) in [5.41, 5.74) is 6.50. The topological polar surface area (TPSA) is 55.1 Å². The third kappa shape index (κ3) is 3.16. The Morgan fingerprint density at radius 2 is 1.83 bits per heavy atom. The Balaban J connectivity index is 2.94. The van der Waals surface area contributed by atoms with Crippen molar-refractivity contribution in [3.05, 3.63) is 28.8 Å². The zero-order valence-electron chi connectivity index (χ0n) is 11.2. The highest BCUT2D eigenvalue weighted by Crippen LogP contribution is 2.23. The SMILES string of the molecule is CCC(CC)(CC)NC(=O)c1ccc(N)cc1Cl. The molecule has 0 aromatic heterocycles. The molecular weight excluding hydrogens is 248 g/mol. The highest BCUT2D eigenvalue weighted by atomic mass is 35.5. The number of carbonyl (C=O) groups excluding carboxylic acids is 1. The van der Waals surface area contributed by atoms with Crippen molar-refractivity contribution >= 4 is 23.2 Å². The number of anilines is 1. The van der Waals surface area contributed by atoms with Gasteiger partial charge < -0.3 is 11.1 Å². The quantitative estimate of drug-likeness (QED) is 0.802. The Labute approximate surface area is 114 Å². The van der Waals surface area contributed by atoms with Crippen LogP contribution < -0.4 is 11.1 Å². The minimum absolute atomic E-state index is 0.134. The molecule has 0 aliphatic heterocycles. The first-order valence-corrected chi connectivity index (χ1v) is 6.73. The Morgan fingerprint density at radius 1 is 1.28 bits per heavy atom. The van der Waals surface area contributed by atoms with E-state index in [2.05, 4.69) is 26.1 Å². The maximum atomic E-state index is 12.2. The van der Waals surface area contributed by atoms with Gasteiger partial charge in [-0.05, 0) is 37.5 Å². The van der Waals surface area contributed by atoms with Gasteiger partial charge in [0.05, 0.1) is 10.6 Å². The predicted octanol–water partition coefficient (Wildman–Crippen LogP) is 3.62. The van der Waals surface area contributed by atoms with Crippen LogP contribution in [0.4, 0.5) is 5.69 Å². The van der Waals surface area contributed by atoms with Crippen LogP contribution in [0.15, 0.2) is 18.2 Å². The van der Waals surface area contributed by atoms with E-state index in [-0.39, 0.29) is 11.4 Å². The number of rotatable bonds is 5. The number of nitrogens with two attached hydrogens (primary N) is 1. The smallest absolute Gasteiger partial charge is 0.253 e. The average molecular weight is 269 g/mol. The Hall–Kier alpha value is -1.22. The van der Waals surface area contributed by atoms with Crippen LogP contribution >= 0.6 is 11.6 Å². The van der Waals surface area contributed by atoms with E-state index in [0.717, 1.165) is 19.3 Å². The molecule has 1 rings (SSSR count). The van der Waals surface area contributed by atoms with E-state index in [0.29, 0.717) is 16.3 Å². The van der Waals surface area contributed by atoms with Gasteiger partial charge in [-0.1, -0.05) is 32.4 Å². The highest BCUT2D eigenvalue weighted by Gasteiger charge is 2.26. The number of hydrogen-bond donors (Lipinski definition) is 2. The van der Waals surface area contributed by atoms with Crippen molar-refractivity contribution in [2.75, 3.05) is 5.73 Å². The number of benzene rings is 1. The number of nitrogen functional groups attached to an aromatic ring is 1. The van der Waals surface area contributed by atoms with Crippen molar-refractivity contribution in [1.82, 2.24) is 5.32 Å². The molecule has 1 amide bonds. The summed E-state index contributed by atoms with van der Waals surface area (Å²) in [6.07, 6.45) is 2.70. The van der Waals surface area contributed by atoms with Gasteiger partial charge in [0.15, 0.2) is 0 Å². The molecule has 0 bridgehead atoms. The molecular formula is C14H21ClN2O. The number of amides is 1. The minimum atomic E-state index is -0.151. The summed E-state index contributed by atoms with van der Waals surface area (Å²) in [7, 11) is 0. The molecule has 0 fully saturated rings. The molecule has 0 radical (unpaired) electrons. The van der Waals surface area contributed by atoms with E-state index in [1.165, 1.54) is 0 Å². The summed E-state index contributed by atoms with van der Waals surface area (Å²) < 4.78 is 0. The number of carbonyl (C=O) groups is 1. The molecule has 3 N–H and O–H groups in total. The second-order valence-electron chi connectivity index (χ2n) is 4.53. The molecule has 0 aliphatic rings. The first kappa shape index (κ1) is 14.8. The lowest BCUT2D eigenvalue weighted by molar-refractivity contribution is 0.0888. The van der Waals surface area contributed by atoms with Crippen LogP contribution in [-0.2, 0) is 0 Å². The standard InChI is InChI=1S/C14H21ClN2O/c1-4-14(5-2,6-3)17-13(18)11-8-7-10(16)9-12(11)15/h7-9H,4-6,16H2,1-3H3,(H,17,18). The number of hydrogen-bond acceptors (Lipinski definition) is 2. The summed E-state index contributed by atoms with van der Waals surface area (Å²) in [5.74, 6) is -0.134. The van der Waals surface area contributed by atoms with Gasteiger partial charge >= 0.3 is 0 Å². The van der Waals surface area contributed by atoms with Crippen LogP contribution in [0.5, 0.6) is 0 Å².